The molecule has 0 aromatic heterocycles. The summed E-state index contributed by atoms with van der Waals surface area (Å²) in [6.45, 7) is 5.61. The number of hydrogen-bond acceptors (Lipinski definition) is 4. The highest BCUT2D eigenvalue weighted by Gasteiger charge is 2.25. The average Bonchev–Trinajstić information content (AvgIpc) is 2.56. The van der Waals surface area contributed by atoms with Crippen LogP contribution in [0.3, 0.4) is 0 Å². The van der Waals surface area contributed by atoms with Crippen molar-refractivity contribution < 1.29 is 9.59 Å². The molecule has 6 nitrogen and oxygen atoms in total. The topological polar surface area (TPSA) is 78.7 Å². The number of rotatable bonds is 6. The van der Waals surface area contributed by atoms with E-state index in [9.17, 15) is 9.59 Å². The molecule has 126 valence electrons. The minimum Gasteiger partial charge on any atom is -0.355 e. The summed E-state index contributed by atoms with van der Waals surface area (Å²) in [6, 6.07) is 9.31. The van der Waals surface area contributed by atoms with Crippen LogP contribution in [-0.2, 0) is 16.0 Å². The van der Waals surface area contributed by atoms with Gasteiger partial charge in [0.1, 0.15) is 0 Å². The van der Waals surface area contributed by atoms with Gasteiger partial charge in [0.25, 0.3) is 0 Å². The number of amides is 2. The summed E-state index contributed by atoms with van der Waals surface area (Å²) >= 11 is 0. The molecule has 1 heterocycles. The van der Waals surface area contributed by atoms with Crippen molar-refractivity contribution in [1.82, 2.24) is 15.1 Å². The van der Waals surface area contributed by atoms with E-state index >= 15 is 0 Å². The van der Waals surface area contributed by atoms with Gasteiger partial charge in [0.2, 0.25) is 11.8 Å². The Labute approximate surface area is 137 Å². The SMILES string of the molecule is CCNC(=O)CN1CCN(C(=O)C(N)Cc2ccccc2)CC1. The number of carbonyl (C=O) groups is 2. The first kappa shape index (κ1) is 17.4. The average molecular weight is 318 g/mol. The summed E-state index contributed by atoms with van der Waals surface area (Å²) in [5.74, 6) is 0.0274. The van der Waals surface area contributed by atoms with E-state index in [2.05, 4.69) is 10.2 Å². The van der Waals surface area contributed by atoms with E-state index in [0.29, 0.717) is 45.7 Å². The Balaban J connectivity index is 1.78. The number of carbonyl (C=O) groups excluding carboxylic acids is 2. The molecule has 0 spiro atoms. The molecule has 1 fully saturated rings. The Bertz CT molecular complexity index is 513. The van der Waals surface area contributed by atoms with E-state index in [4.69, 9.17) is 5.73 Å². The zero-order chi connectivity index (χ0) is 16.7. The van der Waals surface area contributed by atoms with E-state index in [1.54, 1.807) is 0 Å². The number of piperazine rings is 1. The molecule has 23 heavy (non-hydrogen) atoms. The third kappa shape index (κ3) is 5.33. The Morgan fingerprint density at radius 1 is 1.17 bits per heavy atom. The van der Waals surface area contributed by atoms with Gasteiger partial charge >= 0.3 is 0 Å². The van der Waals surface area contributed by atoms with E-state index in [1.807, 2.05) is 42.2 Å². The second-order valence-electron chi connectivity index (χ2n) is 5.85. The molecule has 0 aliphatic carbocycles. The number of nitrogens with two attached hydrogens (primary N) is 1. The molecule has 2 rings (SSSR count). The number of nitrogens with zero attached hydrogens (tertiary/aromatic N) is 2. The lowest BCUT2D eigenvalue weighted by Crippen LogP contribution is -2.54. The standard InChI is InChI=1S/C17H26N4O2/c1-2-19-16(22)13-20-8-10-21(11-9-20)17(23)15(18)12-14-6-4-3-5-7-14/h3-7,15H,2,8-13,18H2,1H3,(H,19,22). The maximum absolute atomic E-state index is 12.4. The highest BCUT2D eigenvalue weighted by atomic mass is 16.2. The second-order valence-corrected chi connectivity index (χ2v) is 5.85. The van der Waals surface area contributed by atoms with Crippen LogP contribution in [0.4, 0.5) is 0 Å². The molecule has 1 saturated heterocycles. The molecule has 1 atom stereocenters. The summed E-state index contributed by atoms with van der Waals surface area (Å²) < 4.78 is 0. The Kier molecular flexibility index (Phi) is 6.55. The van der Waals surface area contributed by atoms with Gasteiger partial charge in [-0.1, -0.05) is 30.3 Å². The highest BCUT2D eigenvalue weighted by molar-refractivity contribution is 5.82. The van der Waals surface area contributed by atoms with Crippen molar-refractivity contribution in [2.75, 3.05) is 39.3 Å². The van der Waals surface area contributed by atoms with Crippen LogP contribution in [0.1, 0.15) is 12.5 Å². The molecule has 1 aromatic rings. The zero-order valence-electron chi connectivity index (χ0n) is 13.7. The van der Waals surface area contributed by atoms with Crippen LogP contribution in [-0.4, -0.2) is 66.9 Å². The first-order chi connectivity index (χ1) is 11.1. The summed E-state index contributed by atoms with van der Waals surface area (Å²) in [5.41, 5.74) is 7.14. The number of hydrogen-bond donors (Lipinski definition) is 2. The molecule has 1 aliphatic heterocycles. The van der Waals surface area contributed by atoms with Gasteiger partial charge in [0.15, 0.2) is 0 Å². The molecular weight excluding hydrogens is 292 g/mol. The number of benzene rings is 1. The molecule has 6 heteroatoms. The summed E-state index contributed by atoms with van der Waals surface area (Å²) in [6.07, 6.45) is 0.554. The van der Waals surface area contributed by atoms with E-state index in [1.165, 1.54) is 0 Å². The lowest BCUT2D eigenvalue weighted by atomic mass is 10.1. The van der Waals surface area contributed by atoms with Crippen molar-refractivity contribution in [3.63, 3.8) is 0 Å². The molecule has 0 bridgehead atoms. The van der Waals surface area contributed by atoms with Gasteiger partial charge in [-0.15, -0.1) is 0 Å². The van der Waals surface area contributed by atoms with Crippen LogP contribution in [0.5, 0.6) is 0 Å². The third-order valence-corrected chi connectivity index (χ3v) is 4.04. The fourth-order valence-electron chi connectivity index (χ4n) is 2.77. The Morgan fingerprint density at radius 3 is 2.43 bits per heavy atom. The van der Waals surface area contributed by atoms with Gasteiger partial charge in [-0.25, -0.2) is 0 Å². The van der Waals surface area contributed by atoms with Crippen LogP contribution in [0.2, 0.25) is 0 Å². The molecule has 0 radical (unpaired) electrons. The third-order valence-electron chi connectivity index (χ3n) is 4.04. The summed E-state index contributed by atoms with van der Waals surface area (Å²) in [7, 11) is 0. The lowest BCUT2D eigenvalue weighted by Gasteiger charge is -2.35. The first-order valence-electron chi connectivity index (χ1n) is 8.17. The van der Waals surface area contributed by atoms with E-state index in [-0.39, 0.29) is 11.8 Å². The highest BCUT2D eigenvalue weighted by Crippen LogP contribution is 2.07. The molecule has 1 aliphatic rings. The molecule has 1 unspecified atom stereocenters. The number of nitrogens with one attached hydrogen (secondary N) is 1. The monoisotopic (exact) mass is 318 g/mol. The van der Waals surface area contributed by atoms with Gasteiger partial charge < -0.3 is 16.0 Å². The fraction of sp³-hybridized carbons (Fsp3) is 0.529. The van der Waals surface area contributed by atoms with Crippen LogP contribution in [0, 0.1) is 0 Å². The zero-order valence-corrected chi connectivity index (χ0v) is 13.7. The largest absolute Gasteiger partial charge is 0.355 e. The van der Waals surface area contributed by atoms with Crippen molar-refractivity contribution >= 4 is 11.8 Å². The smallest absolute Gasteiger partial charge is 0.239 e. The fourth-order valence-corrected chi connectivity index (χ4v) is 2.77. The summed E-state index contributed by atoms with van der Waals surface area (Å²) in [4.78, 5) is 27.9. The van der Waals surface area contributed by atoms with Crippen LogP contribution in [0.15, 0.2) is 30.3 Å². The van der Waals surface area contributed by atoms with Crippen LogP contribution in [0.25, 0.3) is 0 Å². The van der Waals surface area contributed by atoms with E-state index < -0.39 is 6.04 Å². The van der Waals surface area contributed by atoms with Crippen molar-refractivity contribution in [2.24, 2.45) is 5.73 Å². The van der Waals surface area contributed by atoms with Crippen molar-refractivity contribution in [3.05, 3.63) is 35.9 Å². The van der Waals surface area contributed by atoms with Crippen molar-refractivity contribution in [2.45, 2.75) is 19.4 Å². The first-order valence-corrected chi connectivity index (χ1v) is 8.17. The van der Waals surface area contributed by atoms with Gasteiger partial charge in [-0.2, -0.15) is 0 Å². The molecule has 0 saturated carbocycles. The second kappa shape index (κ2) is 8.64. The molecule has 3 N–H and O–H groups in total. The predicted octanol–water partition coefficient (Wildman–Crippen LogP) is -0.163. The maximum Gasteiger partial charge on any atom is 0.239 e. The lowest BCUT2D eigenvalue weighted by molar-refractivity contribution is -0.134. The minimum atomic E-state index is -0.507. The molecule has 1 aromatic carbocycles. The van der Waals surface area contributed by atoms with Gasteiger partial charge in [0.05, 0.1) is 12.6 Å². The van der Waals surface area contributed by atoms with Gasteiger partial charge in [-0.05, 0) is 18.9 Å². The Morgan fingerprint density at radius 2 is 1.83 bits per heavy atom. The quantitative estimate of drug-likeness (QED) is 0.764. The van der Waals surface area contributed by atoms with Crippen LogP contribution < -0.4 is 11.1 Å². The normalized spacial score (nSPS) is 16.9. The molecular formula is C17H26N4O2. The van der Waals surface area contributed by atoms with Crippen molar-refractivity contribution in [1.29, 1.82) is 0 Å². The van der Waals surface area contributed by atoms with Crippen LogP contribution >= 0.6 is 0 Å². The van der Waals surface area contributed by atoms with Gasteiger partial charge in [0, 0.05) is 32.7 Å². The van der Waals surface area contributed by atoms with E-state index in [0.717, 1.165) is 5.56 Å². The minimum absolute atomic E-state index is 0.00786. The predicted molar refractivity (Wildman–Crippen MR) is 89.8 cm³/mol. The van der Waals surface area contributed by atoms with Crippen molar-refractivity contribution in [3.8, 4) is 0 Å². The number of likely N-dealkylation sites (N-methyl/N-ethyl adjacent to an activating group) is 1. The Hall–Kier alpha value is -1.92. The molecule has 2 amide bonds. The maximum atomic E-state index is 12.4. The summed E-state index contributed by atoms with van der Waals surface area (Å²) in [5, 5.41) is 2.79. The van der Waals surface area contributed by atoms with Gasteiger partial charge in [-0.3, -0.25) is 14.5 Å².